The zero-order valence-electron chi connectivity index (χ0n) is 18.2. The number of amides is 3. The molecule has 3 fully saturated rings. The number of imide groups is 1. The molecule has 9 heteroatoms. The van der Waals surface area contributed by atoms with Gasteiger partial charge >= 0.3 is 5.97 Å². The van der Waals surface area contributed by atoms with E-state index in [4.69, 9.17) is 27.9 Å². The van der Waals surface area contributed by atoms with Gasteiger partial charge in [-0.1, -0.05) is 17.7 Å². The van der Waals surface area contributed by atoms with E-state index in [0.29, 0.717) is 17.8 Å². The average Bonchev–Trinajstić information content (AvgIpc) is 3.44. The number of carbonyl (C=O) groups excluding carboxylic acids is 4. The summed E-state index contributed by atoms with van der Waals surface area (Å²) in [5, 5.41) is 2.02. The molecule has 176 valence electrons. The molecule has 2 saturated carbocycles. The average molecular weight is 501 g/mol. The summed E-state index contributed by atoms with van der Waals surface area (Å²) in [6.45, 7) is 1.50. The molecular formula is C25H22Cl2N2O5. The summed E-state index contributed by atoms with van der Waals surface area (Å²) in [5.74, 6) is -2.74. The van der Waals surface area contributed by atoms with E-state index in [9.17, 15) is 19.2 Å². The van der Waals surface area contributed by atoms with Crippen molar-refractivity contribution in [2.45, 2.75) is 24.1 Å². The summed E-state index contributed by atoms with van der Waals surface area (Å²) in [6, 6.07) is 13.2. The molecule has 5 rings (SSSR count). The van der Waals surface area contributed by atoms with Crippen molar-refractivity contribution in [2.24, 2.45) is 23.7 Å². The van der Waals surface area contributed by atoms with Crippen molar-refractivity contribution in [1.29, 1.82) is 0 Å². The van der Waals surface area contributed by atoms with Crippen molar-refractivity contribution >= 4 is 58.3 Å². The predicted molar refractivity (Wildman–Crippen MR) is 127 cm³/mol. The van der Waals surface area contributed by atoms with Crippen molar-refractivity contribution < 1.29 is 23.9 Å². The molecule has 1 N–H and O–H groups in total. The fraction of sp³-hybridized carbons (Fsp3) is 0.360. The van der Waals surface area contributed by atoms with Gasteiger partial charge in [0.2, 0.25) is 11.8 Å². The lowest BCUT2D eigenvalue weighted by Crippen LogP contribution is -2.37. The Bertz CT molecular complexity index is 1130. The highest BCUT2D eigenvalue weighted by Gasteiger charge is 2.66. The van der Waals surface area contributed by atoms with Crippen molar-refractivity contribution in [3.63, 3.8) is 0 Å². The molecule has 0 radical (unpaired) electrons. The number of hydrogen-bond donors (Lipinski definition) is 1. The van der Waals surface area contributed by atoms with Gasteiger partial charge in [0.1, 0.15) is 0 Å². The second-order valence-electron chi connectivity index (χ2n) is 9.05. The van der Waals surface area contributed by atoms with Crippen molar-refractivity contribution in [3.05, 3.63) is 59.7 Å². The fourth-order valence-corrected chi connectivity index (χ4v) is 6.29. The first-order chi connectivity index (χ1) is 16.3. The van der Waals surface area contributed by atoms with Crippen LogP contribution in [0.3, 0.4) is 0 Å². The lowest BCUT2D eigenvalue weighted by atomic mass is 9.80. The number of nitrogens with zero attached hydrogens (tertiary/aromatic N) is 1. The Hall–Kier alpha value is -2.90. The highest BCUT2D eigenvalue weighted by molar-refractivity contribution is 6.32. The molecule has 6 atom stereocenters. The summed E-state index contributed by atoms with van der Waals surface area (Å²) < 4.78 is 5.09. The lowest BCUT2D eigenvalue weighted by Gasteiger charge is -2.28. The molecule has 2 bridgehead atoms. The van der Waals surface area contributed by atoms with Gasteiger partial charge in [0.25, 0.3) is 5.91 Å². The molecule has 1 saturated heterocycles. The molecule has 2 aromatic rings. The Morgan fingerprint density at radius 3 is 2.06 bits per heavy atom. The monoisotopic (exact) mass is 500 g/mol. The molecular weight excluding hydrogens is 479 g/mol. The smallest absolute Gasteiger partial charge is 0.338 e. The maximum atomic E-state index is 13.1. The molecule has 34 heavy (non-hydrogen) atoms. The number of esters is 1. The number of alkyl halides is 2. The highest BCUT2D eigenvalue weighted by atomic mass is 35.5. The molecule has 3 amide bonds. The standard InChI is InChI=1S/C25H22Cl2N2O5/c1-12-2-6-14(7-3-12)28-18(30)11-34-25(33)13-4-8-15(9-5-13)29-23(31)19-16-10-17(20(19)24(29)32)22(27)21(16)26/h2-9,16-17,19-22H,10-11H2,1H3,(H,28,30)/t16-,17-,19-,20-,21-,22+/m1/s1. The second-order valence-corrected chi connectivity index (χ2v) is 10.1. The van der Waals surface area contributed by atoms with Crippen LogP contribution in [-0.2, 0) is 19.1 Å². The zero-order valence-corrected chi connectivity index (χ0v) is 19.8. The van der Waals surface area contributed by atoms with E-state index in [0.717, 1.165) is 5.56 Å². The van der Waals surface area contributed by atoms with E-state index >= 15 is 0 Å². The van der Waals surface area contributed by atoms with Crippen LogP contribution in [0.25, 0.3) is 0 Å². The quantitative estimate of drug-likeness (QED) is 0.383. The van der Waals surface area contributed by atoms with Crippen LogP contribution in [-0.4, -0.2) is 41.1 Å². The molecule has 2 aromatic carbocycles. The minimum atomic E-state index is -0.686. The number of halogens is 2. The molecule has 7 nitrogen and oxygen atoms in total. The summed E-state index contributed by atoms with van der Waals surface area (Å²) in [5.41, 5.74) is 2.25. The number of rotatable bonds is 5. The van der Waals surface area contributed by atoms with Gasteiger partial charge < -0.3 is 10.1 Å². The summed E-state index contributed by atoms with van der Waals surface area (Å²) >= 11 is 12.8. The van der Waals surface area contributed by atoms with Gasteiger partial charge in [0.15, 0.2) is 6.61 Å². The van der Waals surface area contributed by atoms with Gasteiger partial charge in [-0.3, -0.25) is 19.3 Å². The minimum absolute atomic E-state index is 0.0964. The van der Waals surface area contributed by atoms with Crippen LogP contribution >= 0.6 is 23.2 Å². The van der Waals surface area contributed by atoms with Crippen LogP contribution in [0.1, 0.15) is 22.3 Å². The Morgan fingerprint density at radius 2 is 1.50 bits per heavy atom. The third-order valence-electron chi connectivity index (χ3n) is 7.02. The van der Waals surface area contributed by atoms with Gasteiger partial charge in [-0.25, -0.2) is 4.79 Å². The van der Waals surface area contributed by atoms with Gasteiger partial charge in [-0.05, 0) is 61.6 Å². The van der Waals surface area contributed by atoms with Gasteiger partial charge in [0, 0.05) is 5.69 Å². The van der Waals surface area contributed by atoms with Crippen molar-refractivity contribution in [1.82, 2.24) is 0 Å². The van der Waals surface area contributed by atoms with Crippen LogP contribution in [0, 0.1) is 30.6 Å². The summed E-state index contributed by atoms with van der Waals surface area (Å²) in [6.07, 6.45) is 0.700. The topological polar surface area (TPSA) is 92.8 Å². The molecule has 0 spiro atoms. The molecule has 1 heterocycles. The zero-order chi connectivity index (χ0) is 24.1. The van der Waals surface area contributed by atoms with Gasteiger partial charge in [-0.2, -0.15) is 0 Å². The number of ether oxygens (including phenoxy) is 1. The molecule has 0 unspecified atom stereocenters. The summed E-state index contributed by atoms with van der Waals surface area (Å²) in [7, 11) is 0. The van der Waals surface area contributed by atoms with Crippen LogP contribution in [0.2, 0.25) is 0 Å². The van der Waals surface area contributed by atoms with Gasteiger partial charge in [0.05, 0.1) is 33.8 Å². The fourth-order valence-electron chi connectivity index (χ4n) is 5.40. The third kappa shape index (κ3) is 3.77. The molecule has 1 aliphatic heterocycles. The van der Waals surface area contributed by atoms with E-state index in [1.165, 1.54) is 29.2 Å². The Morgan fingerprint density at radius 1 is 0.941 bits per heavy atom. The van der Waals surface area contributed by atoms with Crippen LogP contribution < -0.4 is 10.2 Å². The Kier molecular flexibility index (Phi) is 5.86. The van der Waals surface area contributed by atoms with Crippen molar-refractivity contribution in [3.8, 4) is 0 Å². The second kappa shape index (κ2) is 8.71. The third-order valence-corrected chi connectivity index (χ3v) is 8.34. The van der Waals surface area contributed by atoms with E-state index in [1.807, 2.05) is 19.1 Å². The number of benzene rings is 2. The number of nitrogens with one attached hydrogen (secondary N) is 1. The first kappa shape index (κ1) is 22.9. The van der Waals surface area contributed by atoms with E-state index in [1.54, 1.807) is 12.1 Å². The van der Waals surface area contributed by atoms with Crippen LogP contribution in [0.15, 0.2) is 48.5 Å². The predicted octanol–water partition coefficient (Wildman–Crippen LogP) is 3.76. The summed E-state index contributed by atoms with van der Waals surface area (Å²) in [4.78, 5) is 51.7. The maximum absolute atomic E-state index is 13.1. The van der Waals surface area contributed by atoms with Crippen molar-refractivity contribution in [2.75, 3.05) is 16.8 Å². The number of hydrogen-bond acceptors (Lipinski definition) is 5. The van der Waals surface area contributed by atoms with Gasteiger partial charge in [-0.15, -0.1) is 23.2 Å². The first-order valence-corrected chi connectivity index (χ1v) is 11.9. The molecule has 0 aromatic heterocycles. The normalized spacial score (nSPS) is 29.3. The number of carbonyl (C=O) groups is 4. The van der Waals surface area contributed by atoms with Crippen LogP contribution in [0.4, 0.5) is 11.4 Å². The molecule has 3 aliphatic rings. The lowest BCUT2D eigenvalue weighted by molar-refractivity contribution is -0.123. The van der Waals surface area contributed by atoms with Crippen LogP contribution in [0.5, 0.6) is 0 Å². The Balaban J connectivity index is 1.21. The number of fused-ring (bicyclic) bond motifs is 5. The van der Waals surface area contributed by atoms with E-state index in [2.05, 4.69) is 5.32 Å². The maximum Gasteiger partial charge on any atom is 0.338 e. The Labute approximate surface area is 206 Å². The largest absolute Gasteiger partial charge is 0.452 e. The number of anilines is 2. The highest BCUT2D eigenvalue weighted by Crippen LogP contribution is 2.59. The van der Waals surface area contributed by atoms with E-state index < -0.39 is 30.3 Å². The molecule has 2 aliphatic carbocycles. The minimum Gasteiger partial charge on any atom is -0.452 e. The number of aryl methyl sites for hydroxylation is 1. The van der Waals surface area contributed by atoms with E-state index in [-0.39, 0.29) is 40.0 Å². The SMILES string of the molecule is Cc1ccc(NC(=O)COC(=O)c2ccc(N3C(=O)[C@@H]4[C@H]5C[C@@H]([C@@H](Cl)[C@H]5Cl)[C@H]4C3=O)cc2)cc1. The first-order valence-electron chi connectivity index (χ1n) is 11.1.